The van der Waals surface area contributed by atoms with E-state index in [1.165, 1.54) is 6.20 Å². The number of amides is 2. The van der Waals surface area contributed by atoms with Gasteiger partial charge >= 0.3 is 0 Å². The van der Waals surface area contributed by atoms with Crippen molar-refractivity contribution in [2.75, 3.05) is 18.4 Å². The lowest BCUT2D eigenvalue weighted by Gasteiger charge is -2.21. The highest BCUT2D eigenvalue weighted by atomic mass is 16.3. The Morgan fingerprint density at radius 1 is 1.31 bits per heavy atom. The molecule has 36 heavy (non-hydrogen) atoms. The molecule has 2 amide bonds. The third kappa shape index (κ3) is 4.15. The average Bonchev–Trinajstić information content (AvgIpc) is 3.15. The minimum Gasteiger partial charge on any atom is -0.391 e. The van der Waals surface area contributed by atoms with Crippen molar-refractivity contribution in [3.05, 3.63) is 30.4 Å². The molecular weight excluding hydrogens is 462 g/mol. The third-order valence-corrected chi connectivity index (χ3v) is 7.09. The second-order valence-electron chi connectivity index (χ2n) is 9.82. The van der Waals surface area contributed by atoms with E-state index in [4.69, 9.17) is 10.7 Å². The number of aliphatic hydroxyl groups excluding tert-OH is 1. The number of nitriles is 1. The van der Waals surface area contributed by atoms with E-state index in [0.717, 1.165) is 12.0 Å². The van der Waals surface area contributed by atoms with Gasteiger partial charge in [0.25, 0.3) is 5.91 Å². The Morgan fingerprint density at radius 2 is 2.08 bits per heavy atom. The van der Waals surface area contributed by atoms with Crippen LogP contribution in [0.1, 0.15) is 43.5 Å². The Labute approximate surface area is 207 Å². The van der Waals surface area contributed by atoms with E-state index in [2.05, 4.69) is 28.5 Å². The summed E-state index contributed by atoms with van der Waals surface area (Å²) >= 11 is 0. The lowest BCUT2D eigenvalue weighted by Crippen LogP contribution is -2.36. The smallest absolute Gasteiger partial charge is 0.252 e. The van der Waals surface area contributed by atoms with E-state index in [1.807, 2.05) is 0 Å². The molecule has 0 unspecified atom stereocenters. The number of carbonyl (C=O) groups excluding carboxylic acids is 2. The number of rotatable bonds is 8. The highest BCUT2D eigenvalue weighted by Gasteiger charge is 2.54. The summed E-state index contributed by atoms with van der Waals surface area (Å²) in [6.45, 7) is 5.07. The Hall–Kier alpha value is -3.98. The minimum absolute atomic E-state index is 0.111. The number of nitrogens with one attached hydrogen (secondary N) is 1. The van der Waals surface area contributed by atoms with Crippen molar-refractivity contribution < 1.29 is 14.7 Å². The number of fused-ring (bicyclic) bond motifs is 1. The van der Waals surface area contributed by atoms with Gasteiger partial charge in [-0.1, -0.05) is 6.92 Å². The number of carbonyl (C=O) groups is 2. The maximum atomic E-state index is 13.0. The van der Waals surface area contributed by atoms with Gasteiger partial charge in [-0.05, 0) is 32.1 Å². The summed E-state index contributed by atoms with van der Waals surface area (Å²) < 4.78 is 3.21. The molecule has 4 N–H and O–H groups in total. The first kappa shape index (κ1) is 23.7. The van der Waals surface area contributed by atoms with Crippen molar-refractivity contribution in [3.8, 4) is 17.3 Å². The number of nitrogens with zero attached hydrogens (tertiary/aromatic N) is 7. The largest absolute Gasteiger partial charge is 0.391 e. The summed E-state index contributed by atoms with van der Waals surface area (Å²) in [6, 6.07) is 2.04. The third-order valence-electron chi connectivity index (χ3n) is 7.09. The molecule has 2 aliphatic rings. The number of anilines is 1. The number of aromatic nitrogens is 5. The van der Waals surface area contributed by atoms with Gasteiger partial charge in [0.05, 0.1) is 54.3 Å². The number of hydrogen-bond acceptors (Lipinski definition) is 8. The van der Waals surface area contributed by atoms with Crippen LogP contribution >= 0.6 is 0 Å². The summed E-state index contributed by atoms with van der Waals surface area (Å²) in [5.41, 5.74) is 7.25. The summed E-state index contributed by atoms with van der Waals surface area (Å²) in [5, 5.41) is 31.1. The van der Waals surface area contributed by atoms with Crippen LogP contribution in [0.25, 0.3) is 16.9 Å². The van der Waals surface area contributed by atoms with E-state index in [1.54, 1.807) is 39.6 Å². The zero-order valence-electron chi connectivity index (χ0n) is 20.3. The van der Waals surface area contributed by atoms with Crippen LogP contribution in [0.5, 0.6) is 0 Å². The van der Waals surface area contributed by atoms with Crippen LogP contribution in [0.2, 0.25) is 0 Å². The van der Waals surface area contributed by atoms with Gasteiger partial charge in [0.2, 0.25) is 5.91 Å². The molecule has 0 bridgehead atoms. The maximum absolute atomic E-state index is 13.0. The van der Waals surface area contributed by atoms with Gasteiger partial charge in [0.1, 0.15) is 5.41 Å². The van der Waals surface area contributed by atoms with Gasteiger partial charge in [-0.3, -0.25) is 14.3 Å². The number of likely N-dealkylation sites (tertiary alicyclic amines) is 1. The van der Waals surface area contributed by atoms with Crippen molar-refractivity contribution >= 4 is 23.1 Å². The van der Waals surface area contributed by atoms with Crippen molar-refractivity contribution in [2.45, 2.75) is 51.8 Å². The minimum atomic E-state index is -0.869. The number of hydrogen-bond donors (Lipinski definition) is 3. The topological polar surface area (TPSA) is 167 Å². The van der Waals surface area contributed by atoms with Crippen molar-refractivity contribution in [1.82, 2.24) is 29.3 Å². The van der Waals surface area contributed by atoms with Crippen molar-refractivity contribution in [2.24, 2.45) is 17.1 Å². The number of primary amides is 1. The Balaban J connectivity index is 1.47. The SMILES string of the molecule is CC[C@@H]1CN(C(=O)C2(C#N)CC2)C[C@H]1Nc1c(C(N)=O)cnn2cc(-c3cnn(C[C@H](C)O)c3)nc12. The van der Waals surface area contributed by atoms with Crippen LogP contribution < -0.4 is 11.1 Å². The molecule has 12 nitrogen and oxygen atoms in total. The molecule has 3 aromatic heterocycles. The van der Waals surface area contributed by atoms with E-state index in [9.17, 15) is 20.0 Å². The molecule has 3 aromatic rings. The zero-order chi connectivity index (χ0) is 25.6. The normalized spacial score (nSPS) is 21.3. The first-order chi connectivity index (χ1) is 17.2. The molecule has 2 fully saturated rings. The highest BCUT2D eigenvalue weighted by molar-refractivity contribution is 6.01. The molecule has 1 aliphatic carbocycles. The molecule has 12 heteroatoms. The molecule has 188 valence electrons. The van der Waals surface area contributed by atoms with Crippen LogP contribution in [0.15, 0.2) is 24.8 Å². The fourth-order valence-corrected chi connectivity index (χ4v) is 4.87. The molecule has 1 aliphatic heterocycles. The zero-order valence-corrected chi connectivity index (χ0v) is 20.3. The summed E-state index contributed by atoms with van der Waals surface area (Å²) in [4.78, 5) is 31.8. The lowest BCUT2D eigenvalue weighted by atomic mass is 10.0. The van der Waals surface area contributed by atoms with E-state index < -0.39 is 17.4 Å². The van der Waals surface area contributed by atoms with E-state index in [-0.39, 0.29) is 23.4 Å². The molecule has 4 heterocycles. The van der Waals surface area contributed by atoms with E-state index >= 15 is 0 Å². The predicted octanol–water partition coefficient (Wildman–Crippen LogP) is 1.03. The lowest BCUT2D eigenvalue weighted by molar-refractivity contribution is -0.134. The van der Waals surface area contributed by atoms with Gasteiger partial charge in [0, 0.05) is 30.9 Å². The van der Waals surface area contributed by atoms with Gasteiger partial charge in [-0.2, -0.15) is 15.5 Å². The molecule has 0 radical (unpaired) electrons. The fourth-order valence-electron chi connectivity index (χ4n) is 4.87. The quantitative estimate of drug-likeness (QED) is 0.420. The summed E-state index contributed by atoms with van der Waals surface area (Å²) in [5.74, 6) is -0.618. The van der Waals surface area contributed by atoms with Crippen molar-refractivity contribution in [3.63, 3.8) is 0 Å². The van der Waals surface area contributed by atoms with Crippen LogP contribution in [0, 0.1) is 22.7 Å². The Kier molecular flexibility index (Phi) is 5.88. The Morgan fingerprint density at radius 3 is 2.72 bits per heavy atom. The predicted molar refractivity (Wildman–Crippen MR) is 129 cm³/mol. The molecule has 1 saturated carbocycles. The van der Waals surface area contributed by atoms with Crippen LogP contribution in [0.4, 0.5) is 5.69 Å². The van der Waals surface area contributed by atoms with E-state index in [0.29, 0.717) is 49.5 Å². The van der Waals surface area contributed by atoms with Gasteiger partial charge in [-0.15, -0.1) is 0 Å². The maximum Gasteiger partial charge on any atom is 0.252 e. The molecule has 5 rings (SSSR count). The average molecular weight is 492 g/mol. The summed E-state index contributed by atoms with van der Waals surface area (Å²) in [7, 11) is 0. The van der Waals surface area contributed by atoms with Crippen LogP contribution in [-0.4, -0.2) is 71.4 Å². The van der Waals surface area contributed by atoms with Gasteiger partial charge < -0.3 is 21.1 Å². The first-order valence-corrected chi connectivity index (χ1v) is 12.1. The van der Waals surface area contributed by atoms with Gasteiger partial charge in [0.15, 0.2) is 5.65 Å². The first-order valence-electron chi connectivity index (χ1n) is 12.1. The molecule has 1 saturated heterocycles. The monoisotopic (exact) mass is 491 g/mol. The second kappa shape index (κ2) is 8.91. The number of aliphatic hydroxyl groups is 1. The molecule has 0 spiro atoms. The highest BCUT2D eigenvalue weighted by Crippen LogP contribution is 2.47. The fraction of sp³-hybridized carbons (Fsp3) is 0.500. The van der Waals surface area contributed by atoms with Gasteiger partial charge in [-0.25, -0.2) is 9.50 Å². The standard InChI is InChI=1S/C24H29N9O3/c1-3-15-9-31(23(36)24(13-25)4-5-24)11-18(15)29-20-17(21(26)35)7-28-33-12-19(30-22(20)33)16-6-27-32(10-16)8-14(2)34/h6-7,10,12,14-15,18,29,34H,3-5,8-9,11H2,1-2H3,(H2,26,35)/t14-,15+,18+/m0/s1. The second-order valence-corrected chi connectivity index (χ2v) is 9.82. The summed E-state index contributed by atoms with van der Waals surface area (Å²) in [6.07, 6.45) is 8.08. The molecular formula is C24H29N9O3. The van der Waals surface area contributed by atoms with Crippen LogP contribution in [-0.2, 0) is 11.3 Å². The van der Waals surface area contributed by atoms with Crippen LogP contribution in [0.3, 0.4) is 0 Å². The Bertz CT molecular complexity index is 1360. The number of nitrogens with two attached hydrogens (primary N) is 1. The molecule has 3 atom stereocenters. The van der Waals surface area contributed by atoms with Crippen molar-refractivity contribution in [1.29, 1.82) is 5.26 Å². The molecule has 0 aromatic carbocycles. The number of imidazole rings is 1.